The van der Waals surface area contributed by atoms with Crippen LogP contribution < -0.4 is 19.3 Å². The molecule has 0 fully saturated rings. The zero-order valence-electron chi connectivity index (χ0n) is 18.1. The second-order valence-electron chi connectivity index (χ2n) is 7.27. The number of nitriles is 1. The van der Waals surface area contributed by atoms with Gasteiger partial charge < -0.3 is 19.1 Å². The molecule has 0 aliphatic carbocycles. The Kier molecular flexibility index (Phi) is 8.30. The van der Waals surface area contributed by atoms with Gasteiger partial charge in [0.05, 0.1) is 30.7 Å². The van der Waals surface area contributed by atoms with Gasteiger partial charge in [0.25, 0.3) is 6.67 Å². The first kappa shape index (κ1) is 22.9. The third kappa shape index (κ3) is 5.90. The fourth-order valence-corrected chi connectivity index (χ4v) is 3.46. The van der Waals surface area contributed by atoms with Gasteiger partial charge in [0.2, 0.25) is 0 Å². The Hall–Kier alpha value is -3.75. The number of anilines is 2. The van der Waals surface area contributed by atoms with E-state index >= 15 is 0 Å². The minimum absolute atomic E-state index is 0.141. The van der Waals surface area contributed by atoms with Gasteiger partial charge in [0.15, 0.2) is 0 Å². The predicted octanol–water partition coefficient (Wildman–Crippen LogP) is 3.31. The number of benzene rings is 2. The summed E-state index contributed by atoms with van der Waals surface area (Å²) in [5.74, 6) is 1.20. The normalized spacial score (nSPS) is 14.8. The van der Waals surface area contributed by atoms with Gasteiger partial charge in [-0.05, 0) is 42.8 Å². The Bertz CT molecular complexity index is 1010. The van der Waals surface area contributed by atoms with E-state index in [1.54, 1.807) is 18.2 Å². The Morgan fingerprint density at radius 3 is 2.38 bits per heavy atom. The molecule has 0 N–H and O–H groups in total. The molecule has 32 heavy (non-hydrogen) atoms. The van der Waals surface area contributed by atoms with E-state index in [1.165, 1.54) is 0 Å². The summed E-state index contributed by atoms with van der Waals surface area (Å²) in [6, 6.07) is 13.2. The van der Waals surface area contributed by atoms with E-state index in [1.807, 2.05) is 34.9 Å². The smallest absolute Gasteiger partial charge is 0.289 e. The molecule has 1 aliphatic rings. The van der Waals surface area contributed by atoms with Gasteiger partial charge in [-0.25, -0.2) is 6.57 Å². The lowest BCUT2D eigenvalue weighted by atomic mass is 10.2. The number of hydrogen-bond acceptors (Lipinski definition) is 7. The molecule has 0 radical (unpaired) electrons. The summed E-state index contributed by atoms with van der Waals surface area (Å²) >= 11 is 0. The van der Waals surface area contributed by atoms with Crippen LogP contribution in [0.15, 0.2) is 36.4 Å². The average Bonchev–Trinajstić information content (AvgIpc) is 2.80. The maximum atomic E-state index is 11.3. The third-order valence-electron chi connectivity index (χ3n) is 5.03. The van der Waals surface area contributed by atoms with Crippen LogP contribution in [0.25, 0.3) is 4.85 Å². The van der Waals surface area contributed by atoms with Crippen LogP contribution in [0, 0.1) is 24.8 Å². The highest BCUT2D eigenvalue weighted by atomic mass is 16.5. The summed E-state index contributed by atoms with van der Waals surface area (Å²) < 4.78 is 17.8. The molecule has 0 saturated carbocycles. The molecular formula is C24H26N4O4. The Balaban J connectivity index is 1.89. The summed E-state index contributed by atoms with van der Waals surface area (Å²) in [6.07, 6.45) is 0.765. The van der Waals surface area contributed by atoms with E-state index in [0.29, 0.717) is 43.4 Å². The maximum absolute atomic E-state index is 11.3. The highest BCUT2D eigenvalue weighted by Gasteiger charge is 2.17. The number of ether oxygens (including phenoxy) is 3. The van der Waals surface area contributed by atoms with E-state index in [0.717, 1.165) is 23.2 Å². The third-order valence-corrected chi connectivity index (χ3v) is 5.03. The average molecular weight is 434 g/mol. The molecule has 2 aromatic carbocycles. The van der Waals surface area contributed by atoms with Crippen LogP contribution in [-0.4, -0.2) is 59.0 Å². The highest BCUT2D eigenvalue weighted by Crippen LogP contribution is 2.31. The van der Waals surface area contributed by atoms with E-state index in [2.05, 4.69) is 10.9 Å². The molecule has 0 unspecified atom stereocenters. The first-order chi connectivity index (χ1) is 15.7. The van der Waals surface area contributed by atoms with E-state index in [4.69, 9.17) is 20.8 Å². The van der Waals surface area contributed by atoms with Gasteiger partial charge in [-0.3, -0.25) is 14.5 Å². The molecule has 8 heteroatoms. The molecule has 0 saturated heterocycles. The number of fused-ring (bicyclic) bond motifs is 2. The van der Waals surface area contributed by atoms with Crippen LogP contribution in [0.3, 0.4) is 0 Å². The van der Waals surface area contributed by atoms with Gasteiger partial charge in [-0.1, -0.05) is 6.07 Å². The fourth-order valence-electron chi connectivity index (χ4n) is 3.46. The predicted molar refractivity (Wildman–Crippen MR) is 121 cm³/mol. The van der Waals surface area contributed by atoms with Crippen molar-refractivity contribution in [2.24, 2.45) is 0 Å². The van der Waals surface area contributed by atoms with Crippen molar-refractivity contribution >= 4 is 17.7 Å². The Morgan fingerprint density at radius 2 is 1.69 bits per heavy atom. The zero-order valence-corrected chi connectivity index (χ0v) is 18.1. The van der Waals surface area contributed by atoms with Crippen molar-refractivity contribution in [1.29, 1.82) is 5.26 Å². The van der Waals surface area contributed by atoms with Crippen molar-refractivity contribution in [3.05, 3.63) is 58.9 Å². The number of aldehydes is 1. The van der Waals surface area contributed by atoms with E-state index in [9.17, 15) is 10.1 Å². The molecule has 0 amide bonds. The van der Waals surface area contributed by atoms with Crippen LogP contribution >= 0.6 is 0 Å². The first-order valence-electron chi connectivity index (χ1n) is 10.4. The number of hydrogen-bond donors (Lipinski definition) is 0. The molecule has 8 nitrogen and oxygen atoms in total. The highest BCUT2D eigenvalue weighted by molar-refractivity contribution is 5.78. The molecule has 1 aliphatic heterocycles. The second-order valence-corrected chi connectivity index (χ2v) is 7.27. The van der Waals surface area contributed by atoms with Crippen molar-refractivity contribution < 1.29 is 19.0 Å². The Morgan fingerprint density at radius 1 is 1.03 bits per heavy atom. The number of aryl methyl sites for hydroxylation is 1. The van der Waals surface area contributed by atoms with Crippen LogP contribution in [0.2, 0.25) is 0 Å². The van der Waals surface area contributed by atoms with Crippen LogP contribution in [0.4, 0.5) is 11.4 Å². The van der Waals surface area contributed by atoms with Gasteiger partial charge in [0.1, 0.15) is 37.5 Å². The molecule has 0 spiro atoms. The van der Waals surface area contributed by atoms with Gasteiger partial charge in [-0.2, -0.15) is 5.26 Å². The molecule has 1 heterocycles. The first-order valence-corrected chi connectivity index (χ1v) is 10.4. The molecule has 2 aromatic rings. The number of rotatable bonds is 3. The van der Waals surface area contributed by atoms with Gasteiger partial charge >= 0.3 is 0 Å². The van der Waals surface area contributed by atoms with Crippen molar-refractivity contribution in [2.45, 2.75) is 6.92 Å². The standard InChI is InChI=1S/C24H26N4O4/c1-19-3-5-21-23(15-19)31-13-14-32-24-16-20(17-29)4-6-22(24)28(18-26-2)10-12-30-11-9-27(21)8-7-25/h3-6,15-17H,8-14,18H2,1H3. The lowest BCUT2D eigenvalue weighted by Gasteiger charge is -2.24. The lowest BCUT2D eigenvalue weighted by molar-refractivity contribution is 0.112. The van der Waals surface area contributed by atoms with Crippen molar-refractivity contribution in [1.82, 2.24) is 0 Å². The molecule has 0 bridgehead atoms. The molecular weight excluding hydrogens is 408 g/mol. The topological polar surface area (TPSA) is 79.4 Å². The van der Waals surface area contributed by atoms with E-state index in [-0.39, 0.29) is 26.4 Å². The largest absolute Gasteiger partial charge is 0.488 e. The fraction of sp³-hybridized carbons (Fsp3) is 0.375. The summed E-state index contributed by atoms with van der Waals surface area (Å²) in [5, 5.41) is 9.29. The van der Waals surface area contributed by atoms with Gasteiger partial charge in [0, 0.05) is 18.7 Å². The number of nitrogens with zero attached hydrogens (tertiary/aromatic N) is 4. The minimum Gasteiger partial charge on any atom is -0.488 e. The SMILES string of the molecule is [C-]#[N+]CN1CCOCCN(CC#N)c2ccc(C)cc2OCCOc2cc(C=O)ccc21. The molecule has 0 aromatic heterocycles. The molecule has 166 valence electrons. The van der Waals surface area contributed by atoms with Crippen LogP contribution in [0.1, 0.15) is 15.9 Å². The number of carbonyl (C=O) groups is 1. The molecule has 3 rings (SSSR count). The van der Waals surface area contributed by atoms with Crippen molar-refractivity contribution in [3.63, 3.8) is 0 Å². The quantitative estimate of drug-likeness (QED) is 0.417. The lowest BCUT2D eigenvalue weighted by Crippen LogP contribution is -2.31. The maximum Gasteiger partial charge on any atom is 0.289 e. The Labute approximate surface area is 188 Å². The zero-order chi connectivity index (χ0) is 22.8. The van der Waals surface area contributed by atoms with E-state index < -0.39 is 0 Å². The second kappa shape index (κ2) is 11.6. The van der Waals surface area contributed by atoms with Crippen LogP contribution in [-0.2, 0) is 4.74 Å². The summed E-state index contributed by atoms with van der Waals surface area (Å²) in [6.45, 7) is 12.0. The van der Waals surface area contributed by atoms with Gasteiger partial charge in [-0.15, -0.1) is 0 Å². The van der Waals surface area contributed by atoms with Crippen LogP contribution in [0.5, 0.6) is 11.5 Å². The summed E-state index contributed by atoms with van der Waals surface area (Å²) in [7, 11) is 0. The summed E-state index contributed by atoms with van der Waals surface area (Å²) in [4.78, 5) is 18.6. The minimum atomic E-state index is 0.141. The number of carbonyl (C=O) groups excluding carboxylic acids is 1. The monoisotopic (exact) mass is 434 g/mol. The van der Waals surface area contributed by atoms with Crippen molar-refractivity contribution in [2.75, 3.05) is 62.5 Å². The van der Waals surface area contributed by atoms with Crippen molar-refractivity contribution in [3.8, 4) is 17.6 Å². The summed E-state index contributed by atoms with van der Waals surface area (Å²) in [5.41, 5.74) is 3.10. The molecule has 0 atom stereocenters.